The Morgan fingerprint density at radius 2 is 1.77 bits per heavy atom. The Morgan fingerprint density at radius 3 is 2.42 bits per heavy atom. The van der Waals surface area contributed by atoms with Crippen molar-refractivity contribution in [3.63, 3.8) is 0 Å². The normalized spacial score (nSPS) is 19.1. The molecule has 0 N–H and O–H groups in total. The fraction of sp³-hybridized carbons (Fsp3) is 0.318. The first kappa shape index (κ1) is 21.0. The molecule has 2 aliphatic rings. The van der Waals surface area contributed by atoms with E-state index in [0.29, 0.717) is 10.7 Å². The van der Waals surface area contributed by atoms with Gasteiger partial charge in [-0.15, -0.1) is 0 Å². The fourth-order valence-corrected chi connectivity index (χ4v) is 4.47. The van der Waals surface area contributed by atoms with E-state index in [2.05, 4.69) is 0 Å². The maximum atomic E-state index is 13.4. The average molecular weight is 442 g/mol. The highest BCUT2D eigenvalue weighted by atomic mass is 35.5. The molecule has 2 aromatic carbocycles. The molecule has 1 aliphatic heterocycles. The molecule has 3 amide bonds. The molecular weight excluding hydrogens is 422 g/mol. The van der Waals surface area contributed by atoms with Crippen molar-refractivity contribution in [2.45, 2.75) is 44.2 Å². The van der Waals surface area contributed by atoms with Gasteiger partial charge in [-0.1, -0.05) is 30.5 Å². The number of nitro groups is 1. The quantitative estimate of drug-likeness (QED) is 0.397. The van der Waals surface area contributed by atoms with Crippen LogP contribution in [0, 0.1) is 10.1 Å². The van der Waals surface area contributed by atoms with E-state index in [-0.39, 0.29) is 23.7 Å². The van der Waals surface area contributed by atoms with Gasteiger partial charge in [-0.2, -0.15) is 0 Å². The van der Waals surface area contributed by atoms with Crippen molar-refractivity contribution < 1.29 is 19.3 Å². The number of amides is 3. The van der Waals surface area contributed by atoms with E-state index in [9.17, 15) is 24.5 Å². The number of rotatable bonds is 5. The lowest BCUT2D eigenvalue weighted by Gasteiger charge is -2.33. The first-order valence-electron chi connectivity index (χ1n) is 10.1. The van der Waals surface area contributed by atoms with E-state index >= 15 is 0 Å². The monoisotopic (exact) mass is 441 g/mol. The Kier molecular flexibility index (Phi) is 5.73. The van der Waals surface area contributed by atoms with E-state index in [1.807, 2.05) is 0 Å². The maximum Gasteiger partial charge on any atom is 0.270 e. The summed E-state index contributed by atoms with van der Waals surface area (Å²) in [6.45, 7) is 0. The summed E-state index contributed by atoms with van der Waals surface area (Å²) >= 11 is 5.91. The fourth-order valence-electron chi connectivity index (χ4n) is 4.34. The summed E-state index contributed by atoms with van der Waals surface area (Å²) in [4.78, 5) is 52.6. The molecule has 1 heterocycles. The van der Waals surface area contributed by atoms with E-state index in [0.717, 1.165) is 30.6 Å². The van der Waals surface area contributed by atoms with Crippen LogP contribution >= 0.6 is 11.6 Å². The molecule has 160 valence electrons. The van der Waals surface area contributed by atoms with Gasteiger partial charge < -0.3 is 4.90 Å². The summed E-state index contributed by atoms with van der Waals surface area (Å²) in [6.07, 6.45) is 3.15. The van der Waals surface area contributed by atoms with Crippen molar-refractivity contribution in [3.8, 4) is 0 Å². The zero-order chi connectivity index (χ0) is 22.1. The van der Waals surface area contributed by atoms with Crippen molar-refractivity contribution in [2.75, 3.05) is 4.90 Å². The predicted octanol–water partition coefficient (Wildman–Crippen LogP) is 3.97. The topological polar surface area (TPSA) is 101 Å². The molecule has 1 saturated carbocycles. The molecule has 2 aromatic rings. The maximum absolute atomic E-state index is 13.4. The lowest BCUT2D eigenvalue weighted by Crippen LogP contribution is -2.50. The minimum absolute atomic E-state index is 0.126. The van der Waals surface area contributed by atoms with Crippen molar-refractivity contribution in [1.29, 1.82) is 0 Å². The van der Waals surface area contributed by atoms with Crippen molar-refractivity contribution in [3.05, 3.63) is 69.2 Å². The Balaban J connectivity index is 1.68. The highest BCUT2D eigenvalue weighted by Crippen LogP contribution is 2.33. The second-order valence-electron chi connectivity index (χ2n) is 7.72. The number of benzene rings is 2. The van der Waals surface area contributed by atoms with Gasteiger partial charge in [0, 0.05) is 28.8 Å². The van der Waals surface area contributed by atoms with Crippen molar-refractivity contribution in [1.82, 2.24) is 4.90 Å². The Bertz CT molecular complexity index is 1050. The van der Waals surface area contributed by atoms with E-state index < -0.39 is 28.7 Å². The van der Waals surface area contributed by atoms with Crippen LogP contribution in [0.1, 0.15) is 42.5 Å². The number of non-ortho nitro benzene ring substituents is 1. The summed E-state index contributed by atoms with van der Waals surface area (Å²) in [6, 6.07) is 10.7. The van der Waals surface area contributed by atoms with Crippen molar-refractivity contribution >= 4 is 40.7 Å². The number of nitro benzene ring substituents is 1. The molecule has 0 bridgehead atoms. The van der Waals surface area contributed by atoms with Gasteiger partial charge in [0.15, 0.2) is 0 Å². The van der Waals surface area contributed by atoms with Gasteiger partial charge in [0.25, 0.3) is 17.5 Å². The largest absolute Gasteiger partial charge is 0.323 e. The van der Waals surface area contributed by atoms with Crippen LogP contribution in [0.3, 0.4) is 0 Å². The van der Waals surface area contributed by atoms with Crippen LogP contribution in [-0.2, 0) is 9.59 Å². The molecule has 31 heavy (non-hydrogen) atoms. The van der Waals surface area contributed by atoms with Gasteiger partial charge in [-0.25, -0.2) is 4.90 Å². The molecule has 8 nitrogen and oxygen atoms in total. The third-order valence-electron chi connectivity index (χ3n) is 5.80. The number of carbonyl (C=O) groups excluding carboxylic acids is 3. The molecule has 4 rings (SSSR count). The predicted molar refractivity (Wildman–Crippen MR) is 114 cm³/mol. The first-order valence-corrected chi connectivity index (χ1v) is 10.4. The van der Waals surface area contributed by atoms with Crippen LogP contribution in [0.15, 0.2) is 48.5 Å². The number of hydrogen-bond acceptors (Lipinski definition) is 5. The first-order chi connectivity index (χ1) is 14.9. The van der Waals surface area contributed by atoms with E-state index in [1.54, 1.807) is 24.3 Å². The summed E-state index contributed by atoms with van der Waals surface area (Å²) < 4.78 is 0. The molecule has 9 heteroatoms. The van der Waals surface area contributed by atoms with Crippen LogP contribution in [0.2, 0.25) is 5.02 Å². The zero-order valence-electron chi connectivity index (χ0n) is 16.6. The van der Waals surface area contributed by atoms with Crippen molar-refractivity contribution in [2.24, 2.45) is 0 Å². The lowest BCUT2D eigenvalue weighted by atomic mass is 10.1. The molecule has 0 aromatic heterocycles. The Labute approximate surface area is 183 Å². The van der Waals surface area contributed by atoms with Gasteiger partial charge in [-0.05, 0) is 43.2 Å². The molecule has 1 atom stereocenters. The summed E-state index contributed by atoms with van der Waals surface area (Å²) in [5, 5.41) is 11.6. The number of nitrogens with zero attached hydrogens (tertiary/aromatic N) is 3. The number of halogens is 1. The standard InChI is InChI=1S/C22H20ClN3O5/c23-15-8-10-17(11-9-15)25-20(27)13-19(22(25)29)24(16-5-1-2-6-16)21(28)14-4-3-7-18(12-14)26(30)31/h3-4,7-12,16,19H,1-2,5-6,13H2. The summed E-state index contributed by atoms with van der Waals surface area (Å²) in [5.41, 5.74) is 0.330. The SMILES string of the molecule is O=C1CC(N(C(=O)c2cccc([N+](=O)[O-])c2)C2CCCC2)C(=O)N1c1ccc(Cl)cc1. The van der Waals surface area contributed by atoms with Gasteiger partial charge >= 0.3 is 0 Å². The minimum Gasteiger partial charge on any atom is -0.323 e. The van der Waals surface area contributed by atoms with Crippen LogP contribution in [-0.4, -0.2) is 39.6 Å². The van der Waals surface area contributed by atoms with Gasteiger partial charge in [0.05, 0.1) is 17.0 Å². The number of anilines is 1. The van der Waals surface area contributed by atoms with Crippen LogP contribution < -0.4 is 4.90 Å². The second-order valence-corrected chi connectivity index (χ2v) is 8.16. The van der Waals surface area contributed by atoms with Gasteiger partial charge in [0.1, 0.15) is 6.04 Å². The third-order valence-corrected chi connectivity index (χ3v) is 6.05. The minimum atomic E-state index is -0.946. The highest BCUT2D eigenvalue weighted by molar-refractivity contribution is 6.31. The smallest absolute Gasteiger partial charge is 0.270 e. The summed E-state index contributed by atoms with van der Waals surface area (Å²) in [7, 11) is 0. The summed E-state index contributed by atoms with van der Waals surface area (Å²) in [5.74, 6) is -1.34. The number of imide groups is 1. The molecule has 1 aliphatic carbocycles. The van der Waals surface area contributed by atoms with Gasteiger partial charge in [-0.3, -0.25) is 24.5 Å². The van der Waals surface area contributed by atoms with E-state index in [4.69, 9.17) is 11.6 Å². The molecule has 1 unspecified atom stereocenters. The second kappa shape index (κ2) is 8.47. The zero-order valence-corrected chi connectivity index (χ0v) is 17.3. The molecule has 0 radical (unpaired) electrons. The average Bonchev–Trinajstić information content (AvgIpc) is 3.38. The third kappa shape index (κ3) is 4.03. The van der Waals surface area contributed by atoms with Crippen LogP contribution in [0.4, 0.5) is 11.4 Å². The number of carbonyl (C=O) groups is 3. The Hall–Kier alpha value is -3.26. The van der Waals surface area contributed by atoms with Gasteiger partial charge in [0.2, 0.25) is 5.91 Å². The molecule has 0 spiro atoms. The Morgan fingerprint density at radius 1 is 1.10 bits per heavy atom. The van der Waals surface area contributed by atoms with E-state index in [1.165, 1.54) is 29.2 Å². The number of hydrogen-bond donors (Lipinski definition) is 0. The molecule has 2 fully saturated rings. The molecular formula is C22H20ClN3O5. The molecule has 1 saturated heterocycles. The van der Waals surface area contributed by atoms with Crippen LogP contribution in [0.25, 0.3) is 0 Å². The van der Waals surface area contributed by atoms with Crippen LogP contribution in [0.5, 0.6) is 0 Å². The highest BCUT2D eigenvalue weighted by Gasteiger charge is 2.47. The lowest BCUT2D eigenvalue weighted by molar-refractivity contribution is -0.384.